The van der Waals surface area contributed by atoms with E-state index < -0.39 is 0 Å². The van der Waals surface area contributed by atoms with Gasteiger partial charge in [-0.1, -0.05) is 13.3 Å². The molecule has 1 saturated heterocycles. The van der Waals surface area contributed by atoms with E-state index in [1.54, 1.807) is 10.7 Å². The zero-order valence-electron chi connectivity index (χ0n) is 17.6. The van der Waals surface area contributed by atoms with E-state index in [0.717, 1.165) is 55.6 Å². The van der Waals surface area contributed by atoms with Crippen LogP contribution in [0.3, 0.4) is 0 Å². The van der Waals surface area contributed by atoms with E-state index in [4.69, 9.17) is 15.2 Å². The number of hydrogen-bond acceptors (Lipinski definition) is 8. The van der Waals surface area contributed by atoms with Gasteiger partial charge in [0.2, 0.25) is 5.88 Å². The molecule has 0 atom stereocenters. The predicted molar refractivity (Wildman–Crippen MR) is 114 cm³/mol. The fourth-order valence-electron chi connectivity index (χ4n) is 3.54. The Morgan fingerprint density at radius 3 is 2.83 bits per heavy atom. The highest BCUT2D eigenvalue weighted by Gasteiger charge is 2.17. The van der Waals surface area contributed by atoms with Crippen LogP contribution in [-0.2, 0) is 6.42 Å². The summed E-state index contributed by atoms with van der Waals surface area (Å²) in [5, 5.41) is 7.82. The number of unbranched alkanes of at least 4 members (excludes halogenated alkanes) is 1. The summed E-state index contributed by atoms with van der Waals surface area (Å²) >= 11 is 0. The van der Waals surface area contributed by atoms with Gasteiger partial charge in [-0.05, 0) is 50.9 Å². The Morgan fingerprint density at radius 1 is 1.23 bits per heavy atom. The number of imidazole rings is 1. The summed E-state index contributed by atoms with van der Waals surface area (Å²) in [6.45, 7) is 6.68. The maximum atomic E-state index is 6.10. The molecule has 0 unspecified atom stereocenters. The van der Waals surface area contributed by atoms with Crippen LogP contribution in [0.5, 0.6) is 11.9 Å². The van der Waals surface area contributed by atoms with Gasteiger partial charge in [0.1, 0.15) is 6.10 Å². The van der Waals surface area contributed by atoms with Gasteiger partial charge in [-0.3, -0.25) is 0 Å². The van der Waals surface area contributed by atoms with Crippen molar-refractivity contribution in [1.82, 2.24) is 29.9 Å². The molecule has 3 N–H and O–H groups in total. The van der Waals surface area contributed by atoms with Crippen molar-refractivity contribution < 1.29 is 9.47 Å². The van der Waals surface area contributed by atoms with E-state index in [9.17, 15) is 0 Å². The lowest BCUT2D eigenvalue weighted by molar-refractivity contribution is 0.155. The molecule has 1 aliphatic heterocycles. The first-order chi connectivity index (χ1) is 14.6. The van der Waals surface area contributed by atoms with E-state index in [0.29, 0.717) is 30.4 Å². The van der Waals surface area contributed by atoms with Gasteiger partial charge in [0, 0.05) is 18.2 Å². The summed E-state index contributed by atoms with van der Waals surface area (Å²) in [6.07, 6.45) is 8.47. The maximum Gasteiger partial charge on any atom is 0.336 e. The van der Waals surface area contributed by atoms with Gasteiger partial charge in [0.25, 0.3) is 0 Å². The smallest absolute Gasteiger partial charge is 0.336 e. The zero-order valence-corrected chi connectivity index (χ0v) is 17.6. The van der Waals surface area contributed by atoms with Crippen LogP contribution in [0, 0.1) is 6.92 Å². The molecule has 160 valence electrons. The third-order valence-electron chi connectivity index (χ3n) is 5.20. The van der Waals surface area contributed by atoms with E-state index >= 15 is 0 Å². The van der Waals surface area contributed by atoms with Crippen LogP contribution < -0.4 is 20.5 Å². The number of ether oxygens (including phenoxy) is 2. The van der Waals surface area contributed by atoms with E-state index in [1.807, 2.05) is 13.1 Å². The van der Waals surface area contributed by atoms with Crippen LogP contribution >= 0.6 is 0 Å². The number of aryl methyl sites for hydroxylation is 1. The van der Waals surface area contributed by atoms with Crippen molar-refractivity contribution >= 4 is 11.5 Å². The number of hydrogen-bond donors (Lipinski definition) is 2. The minimum Gasteiger partial charge on any atom is -0.474 e. The van der Waals surface area contributed by atoms with Crippen LogP contribution in [0.2, 0.25) is 0 Å². The molecule has 0 aliphatic carbocycles. The molecule has 1 aliphatic rings. The number of pyridine rings is 1. The molecule has 3 aromatic rings. The summed E-state index contributed by atoms with van der Waals surface area (Å²) in [4.78, 5) is 13.1. The molecule has 1 fully saturated rings. The minimum absolute atomic E-state index is 0.230. The van der Waals surface area contributed by atoms with Gasteiger partial charge in [-0.25, -0.2) is 14.5 Å². The lowest BCUT2D eigenvalue weighted by Gasteiger charge is -2.24. The molecule has 30 heavy (non-hydrogen) atoms. The van der Waals surface area contributed by atoms with E-state index in [1.165, 1.54) is 0 Å². The lowest BCUT2D eigenvalue weighted by Crippen LogP contribution is -2.34. The van der Waals surface area contributed by atoms with Crippen LogP contribution in [0.1, 0.15) is 49.4 Å². The summed E-state index contributed by atoms with van der Waals surface area (Å²) < 4.78 is 13.4. The summed E-state index contributed by atoms with van der Waals surface area (Å²) in [6, 6.07) is 2.37. The fourth-order valence-corrected chi connectivity index (χ4v) is 3.54. The van der Waals surface area contributed by atoms with Crippen molar-refractivity contribution in [2.75, 3.05) is 25.4 Å². The SMILES string of the molecule is CCCCOc1nc(N)c2ncc(Cc3cnc(OC4CCNCC4)c(C)c3)n2n1. The third-order valence-corrected chi connectivity index (χ3v) is 5.20. The molecule has 9 nitrogen and oxygen atoms in total. The molecule has 0 spiro atoms. The van der Waals surface area contributed by atoms with Crippen molar-refractivity contribution in [3.8, 4) is 11.9 Å². The average Bonchev–Trinajstić information content (AvgIpc) is 3.14. The lowest BCUT2D eigenvalue weighted by atomic mass is 10.1. The molecule has 0 aromatic carbocycles. The monoisotopic (exact) mass is 411 g/mol. The van der Waals surface area contributed by atoms with Gasteiger partial charge in [-0.15, -0.1) is 5.10 Å². The standard InChI is InChI=1S/C21H29N7O2/c1-3-4-9-29-21-26-18(22)19-24-13-16(28(19)27-21)11-15-10-14(2)20(25-12-15)30-17-5-7-23-8-6-17/h10,12-13,17,23H,3-9,11H2,1-2H3,(H2,22,26,27). The summed E-state index contributed by atoms with van der Waals surface area (Å²) in [5.41, 5.74) is 9.56. The Labute approximate surface area is 176 Å². The summed E-state index contributed by atoms with van der Waals surface area (Å²) in [7, 11) is 0. The molecule has 0 bridgehead atoms. The molecular formula is C21H29N7O2. The Hall–Kier alpha value is -2.94. The second-order valence-electron chi connectivity index (χ2n) is 7.68. The van der Waals surface area contributed by atoms with Crippen molar-refractivity contribution in [3.05, 3.63) is 35.3 Å². The van der Waals surface area contributed by atoms with Crippen LogP contribution in [0.4, 0.5) is 5.82 Å². The maximum absolute atomic E-state index is 6.10. The predicted octanol–water partition coefficient (Wildman–Crippen LogP) is 2.31. The molecule has 3 aromatic heterocycles. The first-order valence-corrected chi connectivity index (χ1v) is 10.6. The number of nitrogens with one attached hydrogen (secondary N) is 1. The topological polar surface area (TPSA) is 112 Å². The molecule has 0 saturated carbocycles. The number of nitrogens with two attached hydrogens (primary N) is 1. The number of aromatic nitrogens is 5. The number of anilines is 1. The highest BCUT2D eigenvalue weighted by atomic mass is 16.5. The van der Waals surface area contributed by atoms with Gasteiger partial charge in [-0.2, -0.15) is 4.98 Å². The quantitative estimate of drug-likeness (QED) is 0.543. The molecule has 9 heteroatoms. The largest absolute Gasteiger partial charge is 0.474 e. The first-order valence-electron chi connectivity index (χ1n) is 10.6. The van der Waals surface area contributed by atoms with Crippen LogP contribution in [0.25, 0.3) is 5.65 Å². The minimum atomic E-state index is 0.230. The van der Waals surface area contributed by atoms with Gasteiger partial charge < -0.3 is 20.5 Å². The van der Waals surface area contributed by atoms with Crippen LogP contribution in [0.15, 0.2) is 18.5 Å². The van der Waals surface area contributed by atoms with E-state index in [2.05, 4.69) is 38.4 Å². The number of nitrogens with zero attached hydrogens (tertiary/aromatic N) is 5. The van der Waals surface area contributed by atoms with Crippen molar-refractivity contribution in [2.24, 2.45) is 0 Å². The Kier molecular flexibility index (Phi) is 6.27. The zero-order chi connectivity index (χ0) is 20.9. The highest BCUT2D eigenvalue weighted by Crippen LogP contribution is 2.22. The Balaban J connectivity index is 1.51. The number of piperidine rings is 1. The van der Waals surface area contributed by atoms with Crippen LogP contribution in [-0.4, -0.2) is 50.4 Å². The highest BCUT2D eigenvalue weighted by molar-refractivity contribution is 5.59. The Bertz CT molecular complexity index is 998. The second-order valence-corrected chi connectivity index (χ2v) is 7.68. The van der Waals surface area contributed by atoms with Gasteiger partial charge >= 0.3 is 6.01 Å². The third kappa shape index (κ3) is 4.62. The number of rotatable bonds is 8. The molecular weight excluding hydrogens is 382 g/mol. The summed E-state index contributed by atoms with van der Waals surface area (Å²) in [5.74, 6) is 1.02. The van der Waals surface area contributed by atoms with Gasteiger partial charge in [0.15, 0.2) is 11.5 Å². The normalized spacial score (nSPS) is 14.9. The number of nitrogen functional groups attached to an aromatic ring is 1. The van der Waals surface area contributed by atoms with E-state index in [-0.39, 0.29) is 12.1 Å². The average molecular weight is 412 g/mol. The van der Waals surface area contributed by atoms with Crippen molar-refractivity contribution in [3.63, 3.8) is 0 Å². The fraction of sp³-hybridized carbons (Fsp3) is 0.524. The molecule has 4 heterocycles. The van der Waals surface area contributed by atoms with Crippen molar-refractivity contribution in [2.45, 2.75) is 52.1 Å². The Morgan fingerprint density at radius 2 is 2.07 bits per heavy atom. The van der Waals surface area contributed by atoms with Gasteiger partial charge in [0.05, 0.1) is 18.5 Å². The molecule has 0 radical (unpaired) electrons. The second kappa shape index (κ2) is 9.25. The number of fused-ring (bicyclic) bond motifs is 1. The van der Waals surface area contributed by atoms with Crippen molar-refractivity contribution in [1.29, 1.82) is 0 Å². The molecule has 0 amide bonds. The first kappa shape index (κ1) is 20.3. The molecule has 4 rings (SSSR count).